The van der Waals surface area contributed by atoms with Crippen molar-refractivity contribution < 1.29 is 17.9 Å². The van der Waals surface area contributed by atoms with Gasteiger partial charge < -0.3 is 15.2 Å². The molecular weight excluding hydrogens is 358 g/mol. The topological polar surface area (TPSA) is 78.6 Å². The highest BCUT2D eigenvalue weighted by Gasteiger charge is 2.30. The van der Waals surface area contributed by atoms with Crippen molar-refractivity contribution in [3.05, 3.63) is 22.2 Å². The molecule has 0 aromatic heterocycles. The van der Waals surface area contributed by atoms with E-state index >= 15 is 0 Å². The van der Waals surface area contributed by atoms with E-state index < -0.39 is 9.84 Å². The normalized spacial score (nSPS) is 22.0. The molecule has 2 atom stereocenters. The molecule has 0 aliphatic carbocycles. The van der Waals surface area contributed by atoms with Crippen LogP contribution < -0.4 is 15.2 Å². The van der Waals surface area contributed by atoms with Crippen molar-refractivity contribution in [2.45, 2.75) is 31.9 Å². The van der Waals surface area contributed by atoms with Gasteiger partial charge in [0.05, 0.1) is 23.1 Å². The monoisotopic (exact) mass is 377 g/mol. The number of hydrogen-bond acceptors (Lipinski definition) is 5. The van der Waals surface area contributed by atoms with Crippen molar-refractivity contribution in [2.24, 2.45) is 5.73 Å². The van der Waals surface area contributed by atoms with Crippen molar-refractivity contribution in [3.8, 4) is 11.5 Å². The molecule has 1 heterocycles. The molecule has 1 saturated heterocycles. The maximum Gasteiger partial charge on any atom is 0.175 e. The van der Waals surface area contributed by atoms with Crippen LogP contribution in [0.1, 0.15) is 18.9 Å². The molecule has 5 nitrogen and oxygen atoms in total. The Balaban J connectivity index is 2.23. The highest BCUT2D eigenvalue weighted by Crippen LogP contribution is 2.38. The lowest BCUT2D eigenvalue weighted by molar-refractivity contribution is 0.216. The van der Waals surface area contributed by atoms with Gasteiger partial charge in [-0.05, 0) is 53.4 Å². The van der Waals surface area contributed by atoms with Crippen LogP contribution in [0.3, 0.4) is 0 Å². The van der Waals surface area contributed by atoms with Crippen molar-refractivity contribution in [3.63, 3.8) is 0 Å². The first-order chi connectivity index (χ1) is 9.80. The van der Waals surface area contributed by atoms with Crippen LogP contribution in [0.4, 0.5) is 0 Å². The summed E-state index contributed by atoms with van der Waals surface area (Å²) in [5.41, 5.74) is 6.85. The smallest absolute Gasteiger partial charge is 0.175 e. The Morgan fingerprint density at radius 2 is 2.19 bits per heavy atom. The van der Waals surface area contributed by atoms with E-state index in [-0.39, 0.29) is 23.7 Å². The van der Waals surface area contributed by atoms with E-state index in [1.54, 1.807) is 7.11 Å². The number of benzene rings is 1. The highest BCUT2D eigenvalue weighted by molar-refractivity contribution is 9.10. The molecule has 1 fully saturated rings. The Bertz CT molecular complexity index is 616. The minimum absolute atomic E-state index is 0.0494. The van der Waals surface area contributed by atoms with E-state index in [0.717, 1.165) is 16.5 Å². The third-order valence-corrected chi connectivity index (χ3v) is 5.65. The molecule has 2 rings (SSSR count). The largest absolute Gasteiger partial charge is 0.493 e. The molecule has 2 N–H and O–H groups in total. The summed E-state index contributed by atoms with van der Waals surface area (Å²) < 4.78 is 35.0. The second kappa shape index (κ2) is 6.54. The lowest BCUT2D eigenvalue weighted by Gasteiger charge is -2.18. The van der Waals surface area contributed by atoms with Gasteiger partial charge in [0.15, 0.2) is 21.3 Å². The molecule has 1 aliphatic heterocycles. The minimum atomic E-state index is -2.97. The summed E-state index contributed by atoms with van der Waals surface area (Å²) >= 11 is 3.47. The van der Waals surface area contributed by atoms with Crippen molar-refractivity contribution in [1.82, 2.24) is 0 Å². The molecule has 21 heavy (non-hydrogen) atoms. The summed E-state index contributed by atoms with van der Waals surface area (Å²) in [5.74, 6) is 1.38. The Hall–Kier alpha value is -0.790. The first-order valence-electron chi connectivity index (χ1n) is 6.80. The molecule has 0 amide bonds. The van der Waals surface area contributed by atoms with Crippen LogP contribution >= 0.6 is 15.9 Å². The zero-order valence-electron chi connectivity index (χ0n) is 12.1. The van der Waals surface area contributed by atoms with Gasteiger partial charge in [0.2, 0.25) is 0 Å². The maximum absolute atomic E-state index is 11.5. The fraction of sp³-hybridized carbons (Fsp3) is 0.571. The van der Waals surface area contributed by atoms with Crippen molar-refractivity contribution >= 4 is 25.8 Å². The summed E-state index contributed by atoms with van der Waals surface area (Å²) in [6.45, 7) is 1.94. The number of sulfone groups is 1. The van der Waals surface area contributed by atoms with E-state index in [1.165, 1.54) is 0 Å². The van der Waals surface area contributed by atoms with Gasteiger partial charge in [-0.25, -0.2) is 8.42 Å². The molecule has 0 bridgehead atoms. The van der Waals surface area contributed by atoms with Gasteiger partial charge in [0.25, 0.3) is 0 Å². The summed E-state index contributed by atoms with van der Waals surface area (Å²) in [6.07, 6.45) is 0.923. The zero-order valence-corrected chi connectivity index (χ0v) is 14.5. The Kier molecular flexibility index (Phi) is 5.16. The Morgan fingerprint density at radius 3 is 2.71 bits per heavy atom. The summed E-state index contributed by atoms with van der Waals surface area (Å²) in [5, 5.41) is 0. The number of methoxy groups -OCH3 is 1. The summed E-state index contributed by atoms with van der Waals surface area (Å²) in [7, 11) is -1.40. The van der Waals surface area contributed by atoms with Gasteiger partial charge in [-0.3, -0.25) is 0 Å². The van der Waals surface area contributed by atoms with Crippen LogP contribution in [0.15, 0.2) is 16.6 Å². The number of hydrogen-bond donors (Lipinski definition) is 1. The summed E-state index contributed by atoms with van der Waals surface area (Å²) in [4.78, 5) is 0. The van der Waals surface area contributed by atoms with Crippen LogP contribution in [0.2, 0.25) is 0 Å². The second-order valence-corrected chi connectivity index (χ2v) is 8.52. The van der Waals surface area contributed by atoms with Crippen LogP contribution in [-0.4, -0.2) is 39.2 Å². The third-order valence-electron chi connectivity index (χ3n) is 3.32. The first-order valence-corrected chi connectivity index (χ1v) is 9.41. The average molecular weight is 378 g/mol. The van der Waals surface area contributed by atoms with Crippen LogP contribution in [0, 0.1) is 0 Å². The van der Waals surface area contributed by atoms with E-state index in [4.69, 9.17) is 15.2 Å². The maximum atomic E-state index is 11.5. The summed E-state index contributed by atoms with van der Waals surface area (Å²) in [6, 6.07) is 3.87. The molecule has 1 aromatic carbocycles. The third kappa shape index (κ3) is 4.34. The number of nitrogens with two attached hydrogens (primary N) is 1. The Labute approximate surface area is 133 Å². The molecule has 1 aromatic rings. The molecule has 0 spiro atoms. The van der Waals surface area contributed by atoms with Gasteiger partial charge in [-0.1, -0.05) is 0 Å². The molecule has 0 radical (unpaired) electrons. The van der Waals surface area contributed by atoms with E-state index in [9.17, 15) is 8.42 Å². The SMILES string of the molecule is COc1cc(CC(C)N)cc(Br)c1OC1CCS(=O)(=O)C1. The lowest BCUT2D eigenvalue weighted by Crippen LogP contribution is -2.19. The van der Waals surface area contributed by atoms with Gasteiger partial charge in [-0.2, -0.15) is 0 Å². The van der Waals surface area contributed by atoms with Crippen LogP contribution in [0.25, 0.3) is 0 Å². The van der Waals surface area contributed by atoms with Gasteiger partial charge in [-0.15, -0.1) is 0 Å². The van der Waals surface area contributed by atoms with Crippen molar-refractivity contribution in [2.75, 3.05) is 18.6 Å². The second-order valence-electron chi connectivity index (χ2n) is 5.43. The van der Waals surface area contributed by atoms with E-state index in [2.05, 4.69) is 15.9 Å². The predicted molar refractivity (Wildman–Crippen MR) is 85.7 cm³/mol. The van der Waals surface area contributed by atoms with Gasteiger partial charge in [0.1, 0.15) is 6.10 Å². The first kappa shape index (κ1) is 16.6. The highest BCUT2D eigenvalue weighted by atomic mass is 79.9. The zero-order chi connectivity index (χ0) is 15.6. The fourth-order valence-corrected chi connectivity index (χ4v) is 4.57. The lowest BCUT2D eigenvalue weighted by atomic mass is 10.1. The number of rotatable bonds is 5. The predicted octanol–water partition coefficient (Wildman–Crippen LogP) is 1.91. The minimum Gasteiger partial charge on any atom is -0.493 e. The fourth-order valence-electron chi connectivity index (χ4n) is 2.40. The van der Waals surface area contributed by atoms with E-state index in [1.807, 2.05) is 19.1 Å². The number of halogens is 1. The molecule has 118 valence electrons. The Morgan fingerprint density at radius 1 is 1.48 bits per heavy atom. The molecule has 0 saturated carbocycles. The average Bonchev–Trinajstić information content (AvgIpc) is 2.71. The standard InChI is InChI=1S/C14H20BrNO4S/c1-9(16)5-10-6-12(15)14(13(7-10)19-2)20-11-3-4-21(17,18)8-11/h6-7,9,11H,3-5,8,16H2,1-2H3. The quantitative estimate of drug-likeness (QED) is 0.847. The van der Waals surface area contributed by atoms with Gasteiger partial charge >= 0.3 is 0 Å². The van der Waals surface area contributed by atoms with E-state index in [0.29, 0.717) is 17.9 Å². The molecule has 2 unspecified atom stereocenters. The van der Waals surface area contributed by atoms with Crippen LogP contribution in [-0.2, 0) is 16.3 Å². The van der Waals surface area contributed by atoms with Gasteiger partial charge in [0, 0.05) is 6.04 Å². The molecular formula is C14H20BrNO4S. The van der Waals surface area contributed by atoms with Crippen molar-refractivity contribution in [1.29, 1.82) is 0 Å². The molecule has 7 heteroatoms. The number of ether oxygens (including phenoxy) is 2. The molecule has 1 aliphatic rings. The van der Waals surface area contributed by atoms with Crippen LogP contribution in [0.5, 0.6) is 11.5 Å².